The highest BCUT2D eigenvalue weighted by molar-refractivity contribution is 5.99. The number of aromatic nitrogens is 1. The smallest absolute Gasteiger partial charge is 0.257 e. The third-order valence-electron chi connectivity index (χ3n) is 4.22. The quantitative estimate of drug-likeness (QED) is 0.834. The summed E-state index contributed by atoms with van der Waals surface area (Å²) in [7, 11) is 0. The van der Waals surface area contributed by atoms with Gasteiger partial charge in [-0.25, -0.2) is 4.98 Å². The van der Waals surface area contributed by atoms with Gasteiger partial charge in [0.1, 0.15) is 5.82 Å². The van der Waals surface area contributed by atoms with Gasteiger partial charge in [0, 0.05) is 32.4 Å². The van der Waals surface area contributed by atoms with Gasteiger partial charge in [-0.05, 0) is 25.0 Å². The normalized spacial score (nSPS) is 20.2. The molecule has 0 saturated carbocycles. The largest absolute Gasteiger partial charge is 0.378 e. The van der Waals surface area contributed by atoms with Gasteiger partial charge in [0.2, 0.25) is 0 Å². The number of amides is 1. The van der Waals surface area contributed by atoms with Crippen molar-refractivity contribution in [2.75, 3.05) is 44.3 Å². The maximum atomic E-state index is 12.8. The van der Waals surface area contributed by atoms with Gasteiger partial charge in [-0.3, -0.25) is 4.79 Å². The Kier molecular flexibility index (Phi) is 4.70. The summed E-state index contributed by atoms with van der Waals surface area (Å²) in [5.74, 6) is 0.946. The Hall–Kier alpha value is -1.62. The van der Waals surface area contributed by atoms with E-state index in [0.29, 0.717) is 26.3 Å². The average molecular weight is 289 g/mol. The van der Waals surface area contributed by atoms with E-state index in [-0.39, 0.29) is 5.91 Å². The van der Waals surface area contributed by atoms with Crippen LogP contribution in [0.2, 0.25) is 0 Å². The molecule has 3 heterocycles. The molecule has 2 saturated heterocycles. The third-order valence-corrected chi connectivity index (χ3v) is 4.22. The molecule has 2 aliphatic rings. The first kappa shape index (κ1) is 14.3. The number of morpholine rings is 1. The average Bonchev–Trinajstić information content (AvgIpc) is 2.84. The van der Waals surface area contributed by atoms with E-state index in [9.17, 15) is 4.79 Å². The number of carbonyl (C=O) groups excluding carboxylic acids is 1. The fourth-order valence-electron chi connectivity index (χ4n) is 3.04. The van der Waals surface area contributed by atoms with E-state index in [2.05, 4.69) is 9.88 Å². The topological polar surface area (TPSA) is 45.7 Å². The summed E-state index contributed by atoms with van der Waals surface area (Å²) in [6.07, 6.45) is 6.70. The zero-order valence-corrected chi connectivity index (χ0v) is 12.5. The number of pyridine rings is 1. The van der Waals surface area contributed by atoms with E-state index >= 15 is 0 Å². The van der Waals surface area contributed by atoms with Crippen molar-refractivity contribution in [1.29, 1.82) is 0 Å². The van der Waals surface area contributed by atoms with E-state index < -0.39 is 0 Å². The van der Waals surface area contributed by atoms with Crippen molar-refractivity contribution >= 4 is 11.7 Å². The highest BCUT2D eigenvalue weighted by atomic mass is 16.5. The van der Waals surface area contributed by atoms with Crippen molar-refractivity contribution in [2.24, 2.45) is 0 Å². The van der Waals surface area contributed by atoms with Crippen molar-refractivity contribution in [3.05, 3.63) is 23.9 Å². The van der Waals surface area contributed by atoms with Crippen LogP contribution in [0.1, 0.15) is 36.0 Å². The van der Waals surface area contributed by atoms with Gasteiger partial charge in [-0.1, -0.05) is 12.8 Å². The molecule has 2 fully saturated rings. The fraction of sp³-hybridized carbons (Fsp3) is 0.625. The first-order chi connectivity index (χ1) is 10.4. The molecular weight excluding hydrogens is 266 g/mol. The lowest BCUT2D eigenvalue weighted by atomic mass is 10.2. The maximum Gasteiger partial charge on any atom is 0.257 e. The third kappa shape index (κ3) is 3.35. The van der Waals surface area contributed by atoms with Gasteiger partial charge < -0.3 is 14.5 Å². The number of nitrogens with zero attached hydrogens (tertiary/aromatic N) is 3. The van der Waals surface area contributed by atoms with Gasteiger partial charge in [-0.2, -0.15) is 0 Å². The molecule has 0 aromatic carbocycles. The van der Waals surface area contributed by atoms with Crippen molar-refractivity contribution in [3.63, 3.8) is 0 Å². The fourth-order valence-corrected chi connectivity index (χ4v) is 3.04. The van der Waals surface area contributed by atoms with E-state index in [0.717, 1.165) is 24.5 Å². The molecule has 1 aromatic rings. The van der Waals surface area contributed by atoms with E-state index in [1.54, 1.807) is 6.20 Å². The molecule has 0 aliphatic carbocycles. The second-order valence-electron chi connectivity index (χ2n) is 5.68. The molecule has 1 amide bonds. The lowest BCUT2D eigenvalue weighted by molar-refractivity contribution is 0.0303. The van der Waals surface area contributed by atoms with Crippen LogP contribution in [-0.2, 0) is 4.74 Å². The number of hydrogen-bond acceptors (Lipinski definition) is 4. The van der Waals surface area contributed by atoms with Gasteiger partial charge in [0.15, 0.2) is 0 Å². The van der Waals surface area contributed by atoms with Crippen molar-refractivity contribution in [2.45, 2.75) is 25.7 Å². The molecule has 3 rings (SSSR count). The van der Waals surface area contributed by atoms with Crippen LogP contribution in [0.5, 0.6) is 0 Å². The second-order valence-corrected chi connectivity index (χ2v) is 5.68. The van der Waals surface area contributed by atoms with Crippen LogP contribution in [0, 0.1) is 0 Å². The van der Waals surface area contributed by atoms with Gasteiger partial charge in [0.05, 0.1) is 18.8 Å². The molecule has 5 nitrogen and oxygen atoms in total. The lowest BCUT2D eigenvalue weighted by Gasteiger charge is -2.29. The van der Waals surface area contributed by atoms with Crippen LogP contribution in [0.15, 0.2) is 18.3 Å². The SMILES string of the molecule is O=C(c1cccnc1N1CCCCCC1)N1CCOCC1. The van der Waals surface area contributed by atoms with Gasteiger partial charge in [0.25, 0.3) is 5.91 Å². The van der Waals surface area contributed by atoms with Crippen LogP contribution in [-0.4, -0.2) is 55.2 Å². The monoisotopic (exact) mass is 289 g/mol. The molecule has 5 heteroatoms. The summed E-state index contributed by atoms with van der Waals surface area (Å²) in [6.45, 7) is 4.61. The van der Waals surface area contributed by atoms with Crippen LogP contribution in [0.25, 0.3) is 0 Å². The summed E-state index contributed by atoms with van der Waals surface area (Å²) in [6, 6.07) is 3.76. The minimum Gasteiger partial charge on any atom is -0.378 e. The molecule has 1 aromatic heterocycles. The molecular formula is C16H23N3O2. The molecule has 114 valence electrons. The van der Waals surface area contributed by atoms with Crippen LogP contribution < -0.4 is 4.90 Å². The van der Waals surface area contributed by atoms with E-state index in [4.69, 9.17) is 4.74 Å². The van der Waals surface area contributed by atoms with E-state index in [1.807, 2.05) is 17.0 Å². The first-order valence-electron chi connectivity index (χ1n) is 7.93. The molecule has 0 atom stereocenters. The van der Waals surface area contributed by atoms with Crippen LogP contribution in [0.3, 0.4) is 0 Å². The summed E-state index contributed by atoms with van der Waals surface area (Å²) >= 11 is 0. The Morgan fingerprint density at radius 1 is 1.05 bits per heavy atom. The Balaban J connectivity index is 1.82. The van der Waals surface area contributed by atoms with Gasteiger partial charge >= 0.3 is 0 Å². The molecule has 0 bridgehead atoms. The summed E-state index contributed by atoms with van der Waals surface area (Å²) in [4.78, 5) is 21.4. The highest BCUT2D eigenvalue weighted by Gasteiger charge is 2.24. The Bertz CT molecular complexity index is 478. The summed E-state index contributed by atoms with van der Waals surface area (Å²) < 4.78 is 5.33. The molecule has 21 heavy (non-hydrogen) atoms. The van der Waals surface area contributed by atoms with Gasteiger partial charge in [-0.15, -0.1) is 0 Å². The Morgan fingerprint density at radius 3 is 2.48 bits per heavy atom. The number of ether oxygens (including phenoxy) is 1. The zero-order chi connectivity index (χ0) is 14.5. The molecule has 0 unspecified atom stereocenters. The number of rotatable bonds is 2. The predicted molar refractivity (Wildman–Crippen MR) is 81.6 cm³/mol. The van der Waals surface area contributed by atoms with Crippen molar-refractivity contribution in [3.8, 4) is 0 Å². The minimum atomic E-state index is 0.0886. The Morgan fingerprint density at radius 2 is 1.76 bits per heavy atom. The Labute approximate surface area is 125 Å². The molecule has 0 radical (unpaired) electrons. The second kappa shape index (κ2) is 6.89. The first-order valence-corrected chi connectivity index (χ1v) is 7.93. The number of hydrogen-bond donors (Lipinski definition) is 0. The maximum absolute atomic E-state index is 12.8. The summed E-state index contributed by atoms with van der Waals surface area (Å²) in [5, 5.41) is 0. The van der Waals surface area contributed by atoms with E-state index in [1.165, 1.54) is 25.7 Å². The van der Waals surface area contributed by atoms with Crippen molar-refractivity contribution < 1.29 is 9.53 Å². The predicted octanol–water partition coefficient (Wildman–Crippen LogP) is 1.93. The number of anilines is 1. The highest BCUT2D eigenvalue weighted by Crippen LogP contribution is 2.22. The van der Waals surface area contributed by atoms with Crippen molar-refractivity contribution in [1.82, 2.24) is 9.88 Å². The molecule has 2 aliphatic heterocycles. The minimum absolute atomic E-state index is 0.0886. The zero-order valence-electron chi connectivity index (χ0n) is 12.5. The van der Waals surface area contributed by atoms with Crippen LogP contribution >= 0.6 is 0 Å². The molecule has 0 spiro atoms. The standard InChI is InChI=1S/C16H23N3O2/c20-16(19-10-12-21-13-11-19)14-6-5-7-17-15(14)18-8-3-1-2-4-9-18/h5-7H,1-4,8-13H2. The number of carbonyl (C=O) groups is 1. The summed E-state index contributed by atoms with van der Waals surface area (Å²) in [5.41, 5.74) is 0.737. The lowest BCUT2D eigenvalue weighted by Crippen LogP contribution is -2.41. The molecule has 0 N–H and O–H groups in total. The van der Waals surface area contributed by atoms with Crippen LogP contribution in [0.4, 0.5) is 5.82 Å².